The molecule has 0 unspecified atom stereocenters. The van der Waals surface area contributed by atoms with E-state index in [1.54, 1.807) is 6.92 Å². The molecule has 0 amide bonds. The zero-order valence-corrected chi connectivity index (χ0v) is 10.8. The van der Waals surface area contributed by atoms with Crippen LogP contribution in [0.3, 0.4) is 0 Å². The van der Waals surface area contributed by atoms with E-state index in [0.717, 1.165) is 0 Å². The van der Waals surface area contributed by atoms with Gasteiger partial charge in [-0.3, -0.25) is 0 Å². The molecule has 0 fully saturated rings. The van der Waals surface area contributed by atoms with Crippen LogP contribution in [0.5, 0.6) is 0 Å². The molecule has 0 aliphatic heterocycles. The lowest BCUT2D eigenvalue weighted by Gasteiger charge is -2.29. The maximum atomic E-state index is 11.6. The van der Waals surface area contributed by atoms with Crippen LogP contribution in [-0.4, -0.2) is 43.9 Å². The molecule has 98 valence electrons. The van der Waals surface area contributed by atoms with E-state index >= 15 is 0 Å². The summed E-state index contributed by atoms with van der Waals surface area (Å²) in [5.41, 5.74) is -1.19. The van der Waals surface area contributed by atoms with Gasteiger partial charge in [-0.1, -0.05) is 20.8 Å². The number of aliphatic hydroxyl groups excluding tert-OH is 2. The van der Waals surface area contributed by atoms with Crippen LogP contribution < -0.4 is 9.44 Å². The molecule has 0 aliphatic carbocycles. The Morgan fingerprint density at radius 1 is 1.25 bits per heavy atom. The molecule has 6 nitrogen and oxygen atoms in total. The number of nitrogens with one attached hydrogen (secondary N) is 2. The lowest BCUT2D eigenvalue weighted by atomic mass is 10.0. The van der Waals surface area contributed by atoms with Crippen molar-refractivity contribution in [3.63, 3.8) is 0 Å². The third kappa shape index (κ3) is 5.22. The summed E-state index contributed by atoms with van der Waals surface area (Å²) in [6.07, 6.45) is 0.308. The Hall–Kier alpha value is -0.210. The van der Waals surface area contributed by atoms with Crippen molar-refractivity contribution >= 4 is 10.2 Å². The first-order valence-corrected chi connectivity index (χ1v) is 6.79. The summed E-state index contributed by atoms with van der Waals surface area (Å²) >= 11 is 0. The zero-order chi connectivity index (χ0) is 12.8. The Morgan fingerprint density at radius 3 is 2.06 bits per heavy atom. The maximum Gasteiger partial charge on any atom is 0.277 e. The molecule has 0 aromatic rings. The fourth-order valence-electron chi connectivity index (χ4n) is 1.01. The minimum Gasteiger partial charge on any atom is -0.394 e. The van der Waals surface area contributed by atoms with Crippen molar-refractivity contribution in [2.75, 3.05) is 19.8 Å². The summed E-state index contributed by atoms with van der Waals surface area (Å²) in [5.74, 6) is 0.191. The highest BCUT2D eigenvalue weighted by atomic mass is 32.2. The molecule has 0 heterocycles. The Morgan fingerprint density at radius 2 is 1.75 bits per heavy atom. The van der Waals surface area contributed by atoms with Gasteiger partial charge in [0.05, 0.1) is 18.8 Å². The average molecular weight is 254 g/mol. The molecule has 0 spiro atoms. The SMILES string of the molecule is CCC(CO)(CO)NS(=O)(=O)NCC(C)C. The van der Waals surface area contributed by atoms with E-state index < -0.39 is 29.0 Å². The Balaban J connectivity index is 4.54. The molecule has 7 heteroatoms. The van der Waals surface area contributed by atoms with E-state index in [2.05, 4.69) is 9.44 Å². The van der Waals surface area contributed by atoms with Gasteiger partial charge in [-0.2, -0.15) is 13.1 Å². The summed E-state index contributed by atoms with van der Waals surface area (Å²) in [7, 11) is -3.69. The van der Waals surface area contributed by atoms with Gasteiger partial charge in [0.1, 0.15) is 0 Å². The minimum absolute atomic E-state index is 0.191. The second-order valence-corrected chi connectivity index (χ2v) is 5.80. The molecule has 0 aromatic heterocycles. The zero-order valence-electron chi connectivity index (χ0n) is 10.0. The van der Waals surface area contributed by atoms with Crippen LogP contribution in [0.1, 0.15) is 27.2 Å². The molecule has 0 radical (unpaired) electrons. The summed E-state index contributed by atoms with van der Waals surface area (Å²) in [6, 6.07) is 0. The predicted octanol–water partition coefficient (Wildman–Crippen LogP) is -0.800. The summed E-state index contributed by atoms with van der Waals surface area (Å²) in [6.45, 7) is 4.88. The van der Waals surface area contributed by atoms with Gasteiger partial charge in [-0.15, -0.1) is 0 Å². The minimum atomic E-state index is -3.69. The highest BCUT2D eigenvalue weighted by Gasteiger charge is 2.31. The van der Waals surface area contributed by atoms with Crippen molar-refractivity contribution in [1.29, 1.82) is 0 Å². The molecular weight excluding hydrogens is 232 g/mol. The van der Waals surface area contributed by atoms with Crippen LogP contribution in [0.2, 0.25) is 0 Å². The van der Waals surface area contributed by atoms with Crippen LogP contribution in [0.4, 0.5) is 0 Å². The lowest BCUT2D eigenvalue weighted by molar-refractivity contribution is 0.105. The highest BCUT2D eigenvalue weighted by molar-refractivity contribution is 7.87. The molecule has 4 N–H and O–H groups in total. The third-order valence-corrected chi connectivity index (χ3v) is 3.56. The van der Waals surface area contributed by atoms with Crippen LogP contribution in [0.15, 0.2) is 0 Å². The Bertz CT molecular complexity index is 278. The predicted molar refractivity (Wildman–Crippen MR) is 62.1 cm³/mol. The van der Waals surface area contributed by atoms with Crippen molar-refractivity contribution < 1.29 is 18.6 Å². The van der Waals surface area contributed by atoms with Crippen LogP contribution in [0, 0.1) is 5.92 Å². The van der Waals surface area contributed by atoms with Gasteiger partial charge in [0, 0.05) is 6.54 Å². The Labute approximate surface area is 97.2 Å². The standard InChI is InChI=1S/C9H22N2O4S/c1-4-9(6-12,7-13)11-16(14,15)10-5-8(2)3/h8,10-13H,4-7H2,1-3H3. The smallest absolute Gasteiger partial charge is 0.277 e. The molecule has 0 aromatic carbocycles. The van der Waals surface area contributed by atoms with Crippen molar-refractivity contribution in [3.8, 4) is 0 Å². The lowest BCUT2D eigenvalue weighted by Crippen LogP contribution is -2.57. The maximum absolute atomic E-state index is 11.6. The third-order valence-electron chi connectivity index (χ3n) is 2.31. The fourth-order valence-corrected chi connectivity index (χ4v) is 2.48. The van der Waals surface area contributed by atoms with E-state index in [4.69, 9.17) is 10.2 Å². The van der Waals surface area contributed by atoms with Gasteiger partial charge in [0.25, 0.3) is 10.2 Å². The number of rotatable bonds is 8. The van der Waals surface area contributed by atoms with Crippen molar-refractivity contribution in [2.45, 2.75) is 32.7 Å². The van der Waals surface area contributed by atoms with Crippen LogP contribution in [0.25, 0.3) is 0 Å². The average Bonchev–Trinajstić information content (AvgIpc) is 2.24. The van der Waals surface area contributed by atoms with Gasteiger partial charge in [-0.25, -0.2) is 4.72 Å². The Kier molecular flexibility index (Phi) is 6.42. The van der Waals surface area contributed by atoms with E-state index in [0.29, 0.717) is 13.0 Å². The first-order valence-electron chi connectivity index (χ1n) is 5.31. The molecule has 0 rings (SSSR count). The van der Waals surface area contributed by atoms with Crippen LogP contribution >= 0.6 is 0 Å². The van der Waals surface area contributed by atoms with Gasteiger partial charge in [-0.05, 0) is 12.3 Å². The summed E-state index contributed by atoms with van der Waals surface area (Å²) in [5, 5.41) is 18.2. The second kappa shape index (κ2) is 6.51. The first-order chi connectivity index (χ1) is 7.31. The van der Waals surface area contributed by atoms with Crippen molar-refractivity contribution in [1.82, 2.24) is 9.44 Å². The molecular formula is C9H22N2O4S. The van der Waals surface area contributed by atoms with Crippen molar-refractivity contribution in [2.24, 2.45) is 5.92 Å². The summed E-state index contributed by atoms with van der Waals surface area (Å²) < 4.78 is 27.8. The molecule has 0 saturated heterocycles. The van der Waals surface area contributed by atoms with Gasteiger partial charge in [0.2, 0.25) is 0 Å². The van der Waals surface area contributed by atoms with Crippen LogP contribution in [-0.2, 0) is 10.2 Å². The van der Waals surface area contributed by atoms with E-state index in [1.807, 2.05) is 13.8 Å². The number of aliphatic hydroxyl groups is 2. The second-order valence-electron chi connectivity index (χ2n) is 4.30. The molecule has 0 atom stereocenters. The first kappa shape index (κ1) is 15.8. The van der Waals surface area contributed by atoms with E-state index in [1.165, 1.54) is 0 Å². The van der Waals surface area contributed by atoms with Crippen molar-refractivity contribution in [3.05, 3.63) is 0 Å². The fraction of sp³-hybridized carbons (Fsp3) is 1.00. The quantitative estimate of drug-likeness (QED) is 0.456. The summed E-state index contributed by atoms with van der Waals surface area (Å²) in [4.78, 5) is 0. The molecule has 16 heavy (non-hydrogen) atoms. The van der Waals surface area contributed by atoms with Gasteiger partial charge >= 0.3 is 0 Å². The van der Waals surface area contributed by atoms with Gasteiger partial charge in [0.15, 0.2) is 0 Å². The molecule has 0 saturated carbocycles. The van der Waals surface area contributed by atoms with E-state index in [-0.39, 0.29) is 5.92 Å². The normalized spacial score (nSPS) is 13.4. The number of hydrogen-bond donors (Lipinski definition) is 4. The largest absolute Gasteiger partial charge is 0.394 e. The van der Waals surface area contributed by atoms with E-state index in [9.17, 15) is 8.42 Å². The monoisotopic (exact) mass is 254 g/mol. The highest BCUT2D eigenvalue weighted by Crippen LogP contribution is 2.09. The molecule has 0 aliphatic rings. The molecule has 0 bridgehead atoms. The van der Waals surface area contributed by atoms with Gasteiger partial charge < -0.3 is 10.2 Å². The topological polar surface area (TPSA) is 98.7 Å². The number of hydrogen-bond acceptors (Lipinski definition) is 4.